The minimum absolute atomic E-state index is 0.146. The van der Waals surface area contributed by atoms with Crippen LogP contribution >= 0.6 is 0 Å². The highest BCUT2D eigenvalue weighted by atomic mass is 16.3. The van der Waals surface area contributed by atoms with E-state index in [9.17, 15) is 0 Å². The molecule has 2 nitrogen and oxygen atoms in total. The Morgan fingerprint density at radius 1 is 0.259 bits per heavy atom. The molecule has 0 bridgehead atoms. The van der Waals surface area contributed by atoms with Crippen LogP contribution in [0.25, 0.3) is 154 Å². The molecule has 85 heavy (non-hydrogen) atoms. The maximum Gasteiger partial charge on any atom is 0.143 e. The van der Waals surface area contributed by atoms with Crippen molar-refractivity contribution < 1.29 is 8.83 Å². The first-order chi connectivity index (χ1) is 41.5. The molecule has 14 aromatic carbocycles. The second-order valence-corrected chi connectivity index (χ2v) is 24.1. The van der Waals surface area contributed by atoms with Gasteiger partial charge in [-0.3, -0.25) is 0 Å². The molecule has 0 saturated carbocycles. The second kappa shape index (κ2) is 20.6. The van der Waals surface area contributed by atoms with Crippen LogP contribution in [-0.4, -0.2) is 0 Å². The third kappa shape index (κ3) is 9.14. The molecular weight excluding hydrogens is 1030 g/mol. The Morgan fingerprint density at radius 3 is 1.08 bits per heavy atom. The van der Waals surface area contributed by atoms with E-state index >= 15 is 0 Å². The molecule has 2 heteroatoms. The maximum atomic E-state index is 6.32. The zero-order valence-electron chi connectivity index (χ0n) is 48.7. The van der Waals surface area contributed by atoms with Crippen molar-refractivity contribution in [2.45, 2.75) is 47.0 Å². The van der Waals surface area contributed by atoms with E-state index < -0.39 is 0 Å². The third-order valence-electron chi connectivity index (χ3n) is 17.6. The molecule has 2 heterocycles. The molecular formula is C83H62O2. The van der Waals surface area contributed by atoms with Crippen molar-refractivity contribution in [1.29, 1.82) is 0 Å². The number of aryl methyl sites for hydroxylation is 3. The van der Waals surface area contributed by atoms with Crippen molar-refractivity contribution in [1.82, 2.24) is 0 Å². The fraction of sp³-hybridized carbons (Fsp3) is 0.0843. The lowest BCUT2D eigenvalue weighted by molar-refractivity contribution is 0.590. The van der Waals surface area contributed by atoms with Crippen LogP contribution in [0.2, 0.25) is 0 Å². The van der Waals surface area contributed by atoms with Gasteiger partial charge in [0.25, 0.3) is 0 Å². The summed E-state index contributed by atoms with van der Waals surface area (Å²) in [5.41, 5.74) is 23.8. The lowest BCUT2D eigenvalue weighted by atomic mass is 9.86. The highest BCUT2D eigenvalue weighted by Gasteiger charge is 2.18. The molecule has 0 aliphatic carbocycles. The number of furan rings is 2. The SMILES string of the molecule is CC(C)(C)c1ccc(-c2ccc3cc(-c4ccc(-c5cccc6c5oc5ccccc56)cc4)c4ccccc4c3c2)cc1.Cc1cc(C)c(-c2ccc3cc(-c4ccc(-c5cccc6c5oc5ccccc56)cc4)c4ccccc4c3c2)c(C)c1. The molecule has 0 atom stereocenters. The Kier molecular flexibility index (Phi) is 12.5. The van der Waals surface area contributed by atoms with Crippen LogP contribution in [0.5, 0.6) is 0 Å². The van der Waals surface area contributed by atoms with Crippen LogP contribution in [0.15, 0.2) is 276 Å². The van der Waals surface area contributed by atoms with Crippen molar-refractivity contribution in [3.05, 3.63) is 289 Å². The summed E-state index contributed by atoms with van der Waals surface area (Å²) in [4.78, 5) is 0. The van der Waals surface area contributed by atoms with Crippen LogP contribution in [0.3, 0.4) is 0 Å². The lowest BCUT2D eigenvalue weighted by Crippen LogP contribution is -2.10. The summed E-state index contributed by atoms with van der Waals surface area (Å²) < 4.78 is 12.6. The molecule has 16 rings (SSSR count). The number of hydrogen-bond donors (Lipinski definition) is 0. The zero-order chi connectivity index (χ0) is 57.5. The minimum atomic E-state index is 0.146. The van der Waals surface area contributed by atoms with Gasteiger partial charge in [0, 0.05) is 32.7 Å². The fourth-order valence-corrected chi connectivity index (χ4v) is 13.4. The van der Waals surface area contributed by atoms with E-state index in [0.29, 0.717) is 0 Å². The summed E-state index contributed by atoms with van der Waals surface area (Å²) in [7, 11) is 0. The summed E-state index contributed by atoms with van der Waals surface area (Å²) in [5, 5.41) is 14.8. The summed E-state index contributed by atoms with van der Waals surface area (Å²) >= 11 is 0. The Morgan fingerprint density at radius 2 is 0.624 bits per heavy atom. The fourth-order valence-electron chi connectivity index (χ4n) is 13.4. The van der Waals surface area contributed by atoms with Crippen molar-refractivity contribution in [2.24, 2.45) is 0 Å². The maximum absolute atomic E-state index is 6.32. The molecule has 406 valence electrons. The van der Waals surface area contributed by atoms with Gasteiger partial charge in [0.2, 0.25) is 0 Å². The highest BCUT2D eigenvalue weighted by Crippen LogP contribution is 2.43. The van der Waals surface area contributed by atoms with E-state index in [-0.39, 0.29) is 5.41 Å². The summed E-state index contributed by atoms with van der Waals surface area (Å²) in [5.74, 6) is 0. The van der Waals surface area contributed by atoms with Gasteiger partial charge >= 0.3 is 0 Å². The van der Waals surface area contributed by atoms with Crippen molar-refractivity contribution in [3.63, 3.8) is 0 Å². The van der Waals surface area contributed by atoms with Crippen LogP contribution in [0.4, 0.5) is 0 Å². The quantitative estimate of drug-likeness (QED) is 0.155. The van der Waals surface area contributed by atoms with Crippen LogP contribution in [0.1, 0.15) is 43.0 Å². The minimum Gasteiger partial charge on any atom is -0.455 e. The smallest absolute Gasteiger partial charge is 0.143 e. The molecule has 0 aliphatic heterocycles. The first-order valence-electron chi connectivity index (χ1n) is 29.6. The Labute approximate surface area is 495 Å². The first kappa shape index (κ1) is 51.6. The normalized spacial score (nSPS) is 11.9. The molecule has 0 fully saturated rings. The van der Waals surface area contributed by atoms with Gasteiger partial charge in [-0.05, 0) is 178 Å². The van der Waals surface area contributed by atoms with Crippen molar-refractivity contribution in [3.8, 4) is 66.8 Å². The number of benzene rings is 14. The Hall–Kier alpha value is -10.3. The van der Waals surface area contributed by atoms with E-state index in [1.165, 1.54) is 110 Å². The topological polar surface area (TPSA) is 26.3 Å². The third-order valence-corrected chi connectivity index (χ3v) is 17.6. The largest absolute Gasteiger partial charge is 0.455 e. The van der Waals surface area contributed by atoms with E-state index in [0.717, 1.165) is 66.1 Å². The summed E-state index contributed by atoms with van der Waals surface area (Å²) in [6.07, 6.45) is 0. The van der Waals surface area contributed by atoms with Crippen LogP contribution in [0, 0.1) is 20.8 Å². The Bertz CT molecular complexity index is 5250. The molecule has 0 radical (unpaired) electrons. The molecule has 0 amide bonds. The monoisotopic (exact) mass is 1090 g/mol. The van der Waals surface area contributed by atoms with Crippen LogP contribution in [-0.2, 0) is 5.41 Å². The number of fused-ring (bicyclic) bond motifs is 12. The number of rotatable bonds is 6. The highest BCUT2D eigenvalue weighted by molar-refractivity contribution is 6.17. The van der Waals surface area contributed by atoms with Gasteiger partial charge in [-0.15, -0.1) is 0 Å². The van der Waals surface area contributed by atoms with Crippen molar-refractivity contribution >= 4 is 87.0 Å². The van der Waals surface area contributed by atoms with Gasteiger partial charge in [-0.1, -0.05) is 257 Å². The predicted molar refractivity (Wildman–Crippen MR) is 363 cm³/mol. The number of hydrogen-bond acceptors (Lipinski definition) is 2. The molecule has 0 unspecified atom stereocenters. The van der Waals surface area contributed by atoms with Crippen molar-refractivity contribution in [2.75, 3.05) is 0 Å². The van der Waals surface area contributed by atoms with Gasteiger partial charge in [0.15, 0.2) is 0 Å². The van der Waals surface area contributed by atoms with Gasteiger partial charge in [-0.25, -0.2) is 0 Å². The summed E-state index contributed by atoms with van der Waals surface area (Å²) in [6, 6.07) is 97.0. The van der Waals surface area contributed by atoms with Crippen LogP contribution < -0.4 is 0 Å². The second-order valence-electron chi connectivity index (χ2n) is 24.1. The average molecular weight is 1090 g/mol. The standard InChI is InChI=1S/C42H32O.C41H30O/c1-42(2,3)32-23-21-27(22-24-32)30-19-20-31-26-38(34-9-4-5-10-35(34)39(31)25-30)29-17-15-28(16-18-29)33-12-8-13-37-36-11-6-7-14-40(36)43-41(33)37;1-25-21-26(2)40(27(3)22-25)31-20-19-30-23-37(33-9-4-5-10-34(33)38(30)24-31)29-17-15-28(16-18-29)32-12-8-13-36-35-11-6-7-14-39(35)42-41(32)36/h4-26H,1-3H3;4-24H,1-3H3. The molecule has 0 saturated heterocycles. The van der Waals surface area contributed by atoms with E-state index in [1.807, 2.05) is 24.3 Å². The zero-order valence-corrected chi connectivity index (χ0v) is 48.7. The Balaban J connectivity index is 0.000000144. The van der Waals surface area contributed by atoms with Gasteiger partial charge in [-0.2, -0.15) is 0 Å². The van der Waals surface area contributed by atoms with E-state index in [1.54, 1.807) is 0 Å². The molecule has 0 aliphatic rings. The summed E-state index contributed by atoms with van der Waals surface area (Å²) in [6.45, 7) is 13.4. The average Bonchev–Trinajstić information content (AvgIpc) is 2.67. The molecule has 16 aromatic rings. The van der Waals surface area contributed by atoms with E-state index in [4.69, 9.17) is 8.83 Å². The van der Waals surface area contributed by atoms with E-state index in [2.05, 4.69) is 284 Å². The van der Waals surface area contributed by atoms with Gasteiger partial charge in [0.05, 0.1) is 0 Å². The van der Waals surface area contributed by atoms with Gasteiger partial charge in [0.1, 0.15) is 22.3 Å². The predicted octanol–water partition coefficient (Wildman–Crippen LogP) is 24.0. The number of para-hydroxylation sites is 4. The first-order valence-corrected chi connectivity index (χ1v) is 29.6. The molecule has 2 aromatic heterocycles. The molecule has 0 N–H and O–H groups in total. The lowest BCUT2D eigenvalue weighted by Gasteiger charge is -2.19. The van der Waals surface area contributed by atoms with Gasteiger partial charge < -0.3 is 8.83 Å². The molecule has 0 spiro atoms.